The molecule has 5 nitrogen and oxygen atoms in total. The van der Waals surface area contributed by atoms with E-state index in [9.17, 15) is 5.11 Å². The second kappa shape index (κ2) is 5.46. The van der Waals surface area contributed by atoms with Crippen molar-refractivity contribution in [3.63, 3.8) is 0 Å². The van der Waals surface area contributed by atoms with Crippen LogP contribution < -0.4 is 4.74 Å². The van der Waals surface area contributed by atoms with Crippen LogP contribution in [-0.4, -0.2) is 19.9 Å². The monoisotopic (exact) mass is 303 g/mol. The number of fused-ring (bicyclic) bond motifs is 3. The summed E-state index contributed by atoms with van der Waals surface area (Å²) in [7, 11) is 0. The number of hydrogen-bond donors (Lipinski definition) is 1. The average molecular weight is 303 g/mol. The first-order valence-corrected chi connectivity index (χ1v) is 7.16. The number of ether oxygens (including phenoxy) is 1. The number of para-hydroxylation sites is 1. The molecule has 2 aromatic carbocycles. The quantitative estimate of drug-likeness (QED) is 0.785. The van der Waals surface area contributed by atoms with E-state index >= 15 is 0 Å². The van der Waals surface area contributed by atoms with Gasteiger partial charge in [-0.2, -0.15) is 0 Å². The highest BCUT2D eigenvalue weighted by Gasteiger charge is 2.15. The highest BCUT2D eigenvalue weighted by molar-refractivity contribution is 5.71. The summed E-state index contributed by atoms with van der Waals surface area (Å²) in [5.74, 6) is 2.34. The summed E-state index contributed by atoms with van der Waals surface area (Å²) in [5, 5.41) is 13.7. The Hall–Kier alpha value is -3.34. The van der Waals surface area contributed by atoms with E-state index < -0.39 is 0 Å². The van der Waals surface area contributed by atoms with Crippen LogP contribution in [0.4, 0.5) is 0 Å². The number of benzene rings is 2. The van der Waals surface area contributed by atoms with Gasteiger partial charge < -0.3 is 9.84 Å². The molecule has 0 saturated carbocycles. The molecule has 4 rings (SSSR count). The Labute approximate surface area is 132 Å². The Morgan fingerprint density at radius 2 is 1.83 bits per heavy atom. The minimum atomic E-state index is 0.246. The third kappa shape index (κ3) is 2.60. The van der Waals surface area contributed by atoms with Gasteiger partial charge in [-0.05, 0) is 35.9 Å². The number of phenolic OH excluding ortho intramolecular Hbond substituents is 1. The van der Waals surface area contributed by atoms with Crippen molar-refractivity contribution in [2.45, 2.75) is 0 Å². The highest BCUT2D eigenvalue weighted by Crippen LogP contribution is 2.31. The van der Waals surface area contributed by atoms with Crippen molar-refractivity contribution < 1.29 is 9.84 Å². The first-order chi connectivity index (χ1) is 11.3. The fourth-order valence-electron chi connectivity index (χ4n) is 2.37. The number of rotatable bonds is 2. The summed E-state index contributed by atoms with van der Waals surface area (Å²) in [6, 6.07) is 14.7. The van der Waals surface area contributed by atoms with Crippen molar-refractivity contribution in [2.75, 3.05) is 0 Å². The number of aromatic nitrogens is 3. The summed E-state index contributed by atoms with van der Waals surface area (Å²) in [4.78, 5) is 4.57. The number of nitrogens with zero attached hydrogens (tertiary/aromatic N) is 3. The Balaban J connectivity index is 1.70. The SMILES string of the molecule is Oc1ccc(/C=C/c2nc3n(n2)C=COc2ccccc2-3)cc1. The van der Waals surface area contributed by atoms with Gasteiger partial charge in [-0.15, -0.1) is 5.10 Å². The molecule has 1 aliphatic rings. The molecule has 0 aliphatic carbocycles. The van der Waals surface area contributed by atoms with Crippen LogP contribution >= 0.6 is 0 Å². The van der Waals surface area contributed by atoms with E-state index in [2.05, 4.69) is 10.1 Å². The zero-order valence-electron chi connectivity index (χ0n) is 12.1. The standard InChI is InChI=1S/C18H13N3O2/c22-14-8-5-13(6-9-14)7-10-17-19-18-15-3-1-2-4-16(15)23-12-11-21(18)20-17/h1-12,22H/b10-7+. The lowest BCUT2D eigenvalue weighted by atomic mass is 10.2. The average Bonchev–Trinajstić information content (AvgIpc) is 2.90. The maximum Gasteiger partial charge on any atom is 0.175 e. The van der Waals surface area contributed by atoms with Gasteiger partial charge in [0.25, 0.3) is 0 Å². The molecule has 1 N–H and O–H groups in total. The van der Waals surface area contributed by atoms with E-state index in [4.69, 9.17) is 4.74 Å². The topological polar surface area (TPSA) is 60.2 Å². The van der Waals surface area contributed by atoms with Gasteiger partial charge in [0.15, 0.2) is 11.6 Å². The first-order valence-electron chi connectivity index (χ1n) is 7.16. The van der Waals surface area contributed by atoms with Crippen molar-refractivity contribution >= 4 is 18.4 Å². The summed E-state index contributed by atoms with van der Waals surface area (Å²) < 4.78 is 7.24. The van der Waals surface area contributed by atoms with E-state index in [0.29, 0.717) is 5.82 Å². The Morgan fingerprint density at radius 3 is 2.70 bits per heavy atom. The number of aromatic hydroxyl groups is 1. The van der Waals surface area contributed by atoms with Crippen molar-refractivity contribution in [1.82, 2.24) is 14.8 Å². The highest BCUT2D eigenvalue weighted by atomic mass is 16.5. The maximum absolute atomic E-state index is 9.30. The molecule has 0 saturated heterocycles. The molecule has 0 bridgehead atoms. The lowest BCUT2D eigenvalue weighted by Crippen LogP contribution is -1.91. The van der Waals surface area contributed by atoms with E-state index in [0.717, 1.165) is 22.7 Å². The molecule has 1 aliphatic heterocycles. The lowest BCUT2D eigenvalue weighted by molar-refractivity contribution is 0.475. The second-order valence-electron chi connectivity index (χ2n) is 5.06. The van der Waals surface area contributed by atoms with E-state index in [-0.39, 0.29) is 5.75 Å². The van der Waals surface area contributed by atoms with E-state index in [1.54, 1.807) is 29.3 Å². The largest absolute Gasteiger partial charge is 0.508 e. The van der Waals surface area contributed by atoms with Crippen molar-refractivity contribution in [1.29, 1.82) is 0 Å². The zero-order valence-corrected chi connectivity index (χ0v) is 12.1. The van der Waals surface area contributed by atoms with Gasteiger partial charge in [-0.3, -0.25) is 0 Å². The van der Waals surface area contributed by atoms with Crippen molar-refractivity contribution in [3.05, 3.63) is 66.2 Å². The van der Waals surface area contributed by atoms with Gasteiger partial charge in [0.05, 0.1) is 11.8 Å². The molecular formula is C18H13N3O2. The van der Waals surface area contributed by atoms with Crippen molar-refractivity contribution in [3.8, 4) is 22.9 Å². The Kier molecular flexibility index (Phi) is 3.16. The molecule has 2 heterocycles. The molecule has 1 aromatic heterocycles. The minimum Gasteiger partial charge on any atom is -0.508 e. The van der Waals surface area contributed by atoms with Gasteiger partial charge in [0.1, 0.15) is 17.8 Å². The first kappa shape index (κ1) is 13.3. The van der Waals surface area contributed by atoms with Gasteiger partial charge in [0, 0.05) is 0 Å². The molecule has 3 aromatic rings. The van der Waals surface area contributed by atoms with Crippen LogP contribution in [0.5, 0.6) is 11.5 Å². The molecular weight excluding hydrogens is 290 g/mol. The predicted octanol–water partition coefficient (Wildman–Crippen LogP) is 3.64. The summed E-state index contributed by atoms with van der Waals surface area (Å²) in [6.45, 7) is 0. The third-order valence-corrected chi connectivity index (χ3v) is 3.49. The molecule has 0 unspecified atom stereocenters. The normalized spacial score (nSPS) is 12.5. The molecule has 0 atom stereocenters. The smallest absolute Gasteiger partial charge is 0.175 e. The summed E-state index contributed by atoms with van der Waals surface area (Å²) in [5.41, 5.74) is 1.86. The van der Waals surface area contributed by atoms with Crippen LogP contribution in [0.1, 0.15) is 11.4 Å². The lowest BCUT2D eigenvalue weighted by Gasteiger charge is -2.02. The Bertz CT molecular complexity index is 908. The molecule has 5 heteroatoms. The minimum absolute atomic E-state index is 0.246. The molecule has 0 fully saturated rings. The summed E-state index contributed by atoms with van der Waals surface area (Å²) in [6.07, 6.45) is 7.07. The van der Waals surface area contributed by atoms with Crippen LogP contribution in [0.3, 0.4) is 0 Å². The number of hydrogen-bond acceptors (Lipinski definition) is 4. The fourth-order valence-corrected chi connectivity index (χ4v) is 2.37. The Morgan fingerprint density at radius 1 is 1.00 bits per heavy atom. The summed E-state index contributed by atoms with van der Waals surface area (Å²) >= 11 is 0. The number of phenols is 1. The predicted molar refractivity (Wildman–Crippen MR) is 88.5 cm³/mol. The van der Waals surface area contributed by atoms with Crippen LogP contribution in [0.2, 0.25) is 0 Å². The second-order valence-corrected chi connectivity index (χ2v) is 5.06. The third-order valence-electron chi connectivity index (χ3n) is 3.49. The van der Waals surface area contributed by atoms with E-state index in [1.165, 1.54) is 0 Å². The van der Waals surface area contributed by atoms with Crippen LogP contribution in [-0.2, 0) is 0 Å². The fraction of sp³-hybridized carbons (Fsp3) is 0. The maximum atomic E-state index is 9.30. The zero-order chi connectivity index (χ0) is 15.6. The van der Waals surface area contributed by atoms with Gasteiger partial charge in [-0.25, -0.2) is 9.67 Å². The van der Waals surface area contributed by atoms with Crippen LogP contribution in [0, 0.1) is 0 Å². The van der Waals surface area contributed by atoms with E-state index in [1.807, 2.05) is 48.6 Å². The molecule has 23 heavy (non-hydrogen) atoms. The van der Waals surface area contributed by atoms with Crippen molar-refractivity contribution in [2.24, 2.45) is 0 Å². The van der Waals surface area contributed by atoms with Gasteiger partial charge in [-0.1, -0.05) is 30.3 Å². The van der Waals surface area contributed by atoms with Gasteiger partial charge in [0.2, 0.25) is 0 Å². The van der Waals surface area contributed by atoms with Crippen LogP contribution in [0.25, 0.3) is 29.7 Å². The molecule has 0 spiro atoms. The molecule has 112 valence electrons. The van der Waals surface area contributed by atoms with Crippen LogP contribution in [0.15, 0.2) is 54.8 Å². The van der Waals surface area contributed by atoms with Gasteiger partial charge >= 0.3 is 0 Å². The molecule has 0 amide bonds. The molecule has 0 radical (unpaired) electrons.